The molecule has 6 heteroatoms. The third-order valence-electron chi connectivity index (χ3n) is 3.81. The summed E-state index contributed by atoms with van der Waals surface area (Å²) in [4.78, 5) is 13.9. The van der Waals surface area contributed by atoms with Crippen molar-refractivity contribution in [3.63, 3.8) is 0 Å². The number of amides is 1. The number of carbonyl (C=O) groups is 1. The van der Waals surface area contributed by atoms with E-state index >= 15 is 0 Å². The largest absolute Gasteiger partial charge is 0.338 e. The summed E-state index contributed by atoms with van der Waals surface area (Å²) in [6.07, 6.45) is 2.67. The highest BCUT2D eigenvalue weighted by atomic mass is 32.2. The number of sulfone groups is 1. The van der Waals surface area contributed by atoms with E-state index in [1.807, 2.05) is 6.92 Å². The van der Waals surface area contributed by atoms with Gasteiger partial charge in [0.25, 0.3) is 0 Å². The fraction of sp³-hybridized carbons (Fsp3) is 0.909. The molecule has 2 aliphatic rings. The molecule has 0 aromatic heterocycles. The lowest BCUT2D eigenvalue weighted by atomic mass is 10.0. The Bertz CT molecular complexity index is 414. The first-order valence-corrected chi connectivity index (χ1v) is 8.44. The minimum Gasteiger partial charge on any atom is -0.338 e. The van der Waals surface area contributed by atoms with Crippen molar-refractivity contribution < 1.29 is 13.2 Å². The van der Waals surface area contributed by atoms with Crippen LogP contribution in [0.15, 0.2) is 0 Å². The van der Waals surface area contributed by atoms with Gasteiger partial charge in [-0.15, -0.1) is 0 Å². The first-order valence-electron chi connectivity index (χ1n) is 5.98. The topological polar surface area (TPSA) is 54.5 Å². The van der Waals surface area contributed by atoms with E-state index in [4.69, 9.17) is 0 Å². The van der Waals surface area contributed by atoms with Crippen LogP contribution in [0, 0.1) is 5.41 Å². The van der Waals surface area contributed by atoms with Crippen LogP contribution in [0.1, 0.15) is 26.2 Å². The molecule has 2 fully saturated rings. The van der Waals surface area contributed by atoms with E-state index in [1.165, 1.54) is 0 Å². The van der Waals surface area contributed by atoms with Crippen molar-refractivity contribution in [3.8, 4) is 0 Å². The van der Waals surface area contributed by atoms with Crippen LogP contribution < -0.4 is 0 Å². The van der Waals surface area contributed by atoms with Crippen LogP contribution in [0.25, 0.3) is 0 Å². The summed E-state index contributed by atoms with van der Waals surface area (Å²) in [5, 5.41) is 0. The Hall–Kier alpha value is -0.230. The lowest BCUT2D eigenvalue weighted by Crippen LogP contribution is -2.50. The van der Waals surface area contributed by atoms with Gasteiger partial charge in [0, 0.05) is 19.0 Å². The second-order valence-electron chi connectivity index (χ2n) is 5.39. The van der Waals surface area contributed by atoms with Crippen LogP contribution >= 0.6 is 12.6 Å². The zero-order valence-corrected chi connectivity index (χ0v) is 11.8. The lowest BCUT2D eigenvalue weighted by molar-refractivity contribution is -0.133. The molecule has 0 N–H and O–H groups in total. The molecule has 0 radical (unpaired) electrons. The van der Waals surface area contributed by atoms with Crippen LogP contribution in [0.4, 0.5) is 0 Å². The number of rotatable bonds is 3. The van der Waals surface area contributed by atoms with Crippen molar-refractivity contribution in [2.24, 2.45) is 5.41 Å². The molecule has 1 aliphatic heterocycles. The molecule has 1 unspecified atom stereocenters. The van der Waals surface area contributed by atoms with Gasteiger partial charge in [0.2, 0.25) is 5.91 Å². The van der Waals surface area contributed by atoms with Crippen LogP contribution in [0.2, 0.25) is 0 Å². The fourth-order valence-electron chi connectivity index (χ4n) is 2.36. The van der Waals surface area contributed by atoms with E-state index < -0.39 is 9.84 Å². The Morgan fingerprint density at radius 2 is 2.12 bits per heavy atom. The third-order valence-corrected chi connectivity index (χ3v) is 6.28. The molecule has 0 spiro atoms. The average Bonchev–Trinajstić information content (AvgIpc) is 2.96. The summed E-state index contributed by atoms with van der Waals surface area (Å²) in [7, 11) is -2.94. The zero-order chi connectivity index (χ0) is 12.7. The molecule has 1 saturated carbocycles. The van der Waals surface area contributed by atoms with Gasteiger partial charge in [-0.3, -0.25) is 4.79 Å². The van der Waals surface area contributed by atoms with Gasteiger partial charge in [-0.05, 0) is 30.9 Å². The van der Waals surface area contributed by atoms with Gasteiger partial charge in [-0.25, -0.2) is 8.42 Å². The zero-order valence-electron chi connectivity index (χ0n) is 10.1. The molecule has 2 rings (SSSR count). The standard InChI is InChI=1S/C11H19NO3S2/c1-9-7-17(14,15)5-4-12(9)10(13)6-11(8-16)2-3-11/h9,16H,2-8H2,1H3. The van der Waals surface area contributed by atoms with Crippen LogP contribution in [-0.2, 0) is 14.6 Å². The molecule has 1 amide bonds. The molecular formula is C11H19NO3S2. The second kappa shape index (κ2) is 4.46. The van der Waals surface area contributed by atoms with Gasteiger partial charge in [-0.1, -0.05) is 0 Å². The Morgan fingerprint density at radius 1 is 1.47 bits per heavy atom. The van der Waals surface area contributed by atoms with Crippen molar-refractivity contribution in [2.45, 2.75) is 32.2 Å². The third kappa shape index (κ3) is 2.96. The van der Waals surface area contributed by atoms with Gasteiger partial charge in [0.05, 0.1) is 11.5 Å². The molecule has 98 valence electrons. The highest BCUT2D eigenvalue weighted by molar-refractivity contribution is 7.91. The van der Waals surface area contributed by atoms with Crippen LogP contribution in [0.5, 0.6) is 0 Å². The van der Waals surface area contributed by atoms with Gasteiger partial charge in [-0.2, -0.15) is 12.6 Å². The first-order chi connectivity index (χ1) is 7.87. The van der Waals surface area contributed by atoms with E-state index in [0.29, 0.717) is 13.0 Å². The maximum absolute atomic E-state index is 12.1. The predicted molar refractivity (Wildman–Crippen MR) is 70.0 cm³/mol. The molecule has 0 aromatic rings. The maximum atomic E-state index is 12.1. The average molecular weight is 277 g/mol. The van der Waals surface area contributed by atoms with Crippen molar-refractivity contribution in [1.29, 1.82) is 0 Å². The number of hydrogen-bond acceptors (Lipinski definition) is 4. The Balaban J connectivity index is 1.96. The molecule has 0 bridgehead atoms. The first kappa shape index (κ1) is 13.2. The van der Waals surface area contributed by atoms with E-state index in [9.17, 15) is 13.2 Å². The molecule has 1 aliphatic carbocycles. The quantitative estimate of drug-likeness (QED) is 0.774. The Kier molecular flexibility index (Phi) is 3.47. The molecule has 4 nitrogen and oxygen atoms in total. The molecule has 17 heavy (non-hydrogen) atoms. The summed E-state index contributed by atoms with van der Waals surface area (Å²) >= 11 is 4.29. The van der Waals surface area contributed by atoms with E-state index in [2.05, 4.69) is 12.6 Å². The van der Waals surface area contributed by atoms with Gasteiger partial charge < -0.3 is 4.90 Å². The van der Waals surface area contributed by atoms with Gasteiger partial charge in [0.15, 0.2) is 9.84 Å². The van der Waals surface area contributed by atoms with Crippen molar-refractivity contribution >= 4 is 28.4 Å². The minimum atomic E-state index is -2.94. The fourth-order valence-corrected chi connectivity index (χ4v) is 4.34. The molecule has 1 saturated heterocycles. The maximum Gasteiger partial charge on any atom is 0.223 e. The van der Waals surface area contributed by atoms with Gasteiger partial charge in [0.1, 0.15) is 0 Å². The summed E-state index contributed by atoms with van der Waals surface area (Å²) in [5.74, 6) is 1.06. The highest BCUT2D eigenvalue weighted by Crippen LogP contribution is 2.50. The molecular weight excluding hydrogens is 258 g/mol. The smallest absolute Gasteiger partial charge is 0.223 e. The summed E-state index contributed by atoms with van der Waals surface area (Å²) in [6.45, 7) is 2.17. The number of carbonyl (C=O) groups excluding carboxylic acids is 1. The van der Waals surface area contributed by atoms with E-state index in [0.717, 1.165) is 18.6 Å². The Morgan fingerprint density at radius 3 is 2.59 bits per heavy atom. The molecule has 1 atom stereocenters. The van der Waals surface area contributed by atoms with Crippen LogP contribution in [-0.4, -0.2) is 49.1 Å². The number of thiol groups is 1. The van der Waals surface area contributed by atoms with Crippen molar-refractivity contribution in [2.75, 3.05) is 23.8 Å². The van der Waals surface area contributed by atoms with Gasteiger partial charge >= 0.3 is 0 Å². The lowest BCUT2D eigenvalue weighted by Gasteiger charge is -2.34. The summed E-state index contributed by atoms with van der Waals surface area (Å²) < 4.78 is 22.9. The summed E-state index contributed by atoms with van der Waals surface area (Å²) in [5.41, 5.74) is 0.107. The predicted octanol–water partition coefficient (Wildman–Crippen LogP) is 0.732. The monoisotopic (exact) mass is 277 g/mol. The number of nitrogens with zero attached hydrogens (tertiary/aromatic N) is 1. The minimum absolute atomic E-state index is 0.0963. The molecule has 0 aromatic carbocycles. The second-order valence-corrected chi connectivity index (χ2v) is 7.93. The van der Waals surface area contributed by atoms with Crippen molar-refractivity contribution in [3.05, 3.63) is 0 Å². The number of hydrogen-bond donors (Lipinski definition) is 1. The van der Waals surface area contributed by atoms with E-state index in [1.54, 1.807) is 4.90 Å². The van der Waals surface area contributed by atoms with E-state index in [-0.39, 0.29) is 28.9 Å². The van der Waals surface area contributed by atoms with Crippen LogP contribution in [0.3, 0.4) is 0 Å². The Labute approximate surface area is 108 Å². The normalized spacial score (nSPS) is 30.0. The van der Waals surface area contributed by atoms with Crippen molar-refractivity contribution in [1.82, 2.24) is 4.90 Å². The summed E-state index contributed by atoms with van der Waals surface area (Å²) in [6, 6.07) is -0.183. The highest BCUT2D eigenvalue weighted by Gasteiger charge is 2.44. The molecule has 1 heterocycles. The SMILES string of the molecule is CC1CS(=O)(=O)CCN1C(=O)CC1(CS)CC1.